The maximum absolute atomic E-state index is 11.6. The molecule has 0 bridgehead atoms. The summed E-state index contributed by atoms with van der Waals surface area (Å²) in [5, 5.41) is 28.9. The molecular weight excluding hydrogens is 490 g/mol. The van der Waals surface area contributed by atoms with E-state index in [2.05, 4.69) is 11.4 Å². The number of rotatable bonds is 7. The third kappa shape index (κ3) is 4.81. The highest BCUT2D eigenvalue weighted by molar-refractivity contribution is 5.95. The highest BCUT2D eigenvalue weighted by Crippen LogP contribution is 2.40. The lowest BCUT2D eigenvalue weighted by Crippen LogP contribution is -2.30. The zero-order valence-electron chi connectivity index (χ0n) is 22.0. The lowest BCUT2D eigenvalue weighted by atomic mass is 9.85. The molecule has 8 nitrogen and oxygen atoms in total. The minimum atomic E-state index is -0.752. The summed E-state index contributed by atoms with van der Waals surface area (Å²) in [5.41, 5.74) is 4.99. The van der Waals surface area contributed by atoms with Gasteiger partial charge >= 0.3 is 11.8 Å². The summed E-state index contributed by atoms with van der Waals surface area (Å²) in [6.45, 7) is 0.415. The first-order valence-electron chi connectivity index (χ1n) is 13.6. The summed E-state index contributed by atoms with van der Waals surface area (Å²) in [7, 11) is 1.96. The quantitative estimate of drug-likeness (QED) is 0.322. The number of anilines is 2. The Morgan fingerprint density at radius 1 is 1.15 bits per heavy atom. The van der Waals surface area contributed by atoms with Crippen LogP contribution >= 0.6 is 0 Å². The van der Waals surface area contributed by atoms with Crippen LogP contribution in [-0.2, 0) is 31.3 Å². The van der Waals surface area contributed by atoms with E-state index in [-0.39, 0.29) is 17.9 Å². The van der Waals surface area contributed by atoms with Crippen LogP contribution in [0.2, 0.25) is 0 Å². The number of hydrogen-bond acceptors (Lipinski definition) is 5. The number of fused-ring (bicyclic) bond motifs is 2. The number of aromatic nitrogens is 3. The predicted octanol–water partition coefficient (Wildman–Crippen LogP) is 5.24. The molecule has 0 saturated heterocycles. The Morgan fingerprint density at radius 2 is 1.95 bits per heavy atom. The standard InChI is InChI=1S/C31H31N5O3/c1-35-14-13-27-28(30(35)39-19-20-7-3-2-4-8-20)29(34-36(27)26-10-6-5-9-22(26)18-32)33-25-12-11-21-15-24(31(37)38)16-23(21)17-25/h2-4,7-8,11-14,17,22,24,26H,5-6,9-10,15-16,19H2,1H3,(H-,33,34,37,38)/p+1. The number of aliphatic carboxylic acids is 1. The second-order valence-electron chi connectivity index (χ2n) is 10.7. The fourth-order valence-corrected chi connectivity index (χ4v) is 6.05. The summed E-state index contributed by atoms with van der Waals surface area (Å²) in [6, 6.07) is 20.7. The van der Waals surface area contributed by atoms with E-state index in [1.54, 1.807) is 0 Å². The molecule has 2 aromatic heterocycles. The van der Waals surface area contributed by atoms with E-state index in [0.717, 1.165) is 59.0 Å². The van der Waals surface area contributed by atoms with Gasteiger partial charge in [-0.15, -0.1) is 0 Å². The van der Waals surface area contributed by atoms with Crippen LogP contribution in [0.4, 0.5) is 11.5 Å². The molecule has 2 aliphatic carbocycles. The lowest BCUT2D eigenvalue weighted by molar-refractivity contribution is -0.676. The van der Waals surface area contributed by atoms with Crippen LogP contribution < -0.4 is 14.6 Å². The topological polar surface area (TPSA) is 104 Å². The fraction of sp³-hybridized carbons (Fsp3) is 0.355. The van der Waals surface area contributed by atoms with Crippen molar-refractivity contribution >= 4 is 28.4 Å². The summed E-state index contributed by atoms with van der Waals surface area (Å²) in [6.07, 6.45) is 6.99. The van der Waals surface area contributed by atoms with Crippen molar-refractivity contribution in [2.45, 2.75) is 51.2 Å². The molecule has 6 rings (SSSR count). The number of benzene rings is 2. The molecule has 0 spiro atoms. The van der Waals surface area contributed by atoms with Crippen molar-refractivity contribution in [3.8, 4) is 11.9 Å². The second kappa shape index (κ2) is 10.4. The van der Waals surface area contributed by atoms with Gasteiger partial charge in [-0.2, -0.15) is 14.9 Å². The number of nitriles is 1. The molecule has 4 aromatic rings. The number of carboxylic acid groups (broad SMARTS) is 1. The van der Waals surface area contributed by atoms with E-state index in [9.17, 15) is 15.2 Å². The van der Waals surface area contributed by atoms with Crippen molar-refractivity contribution in [2.75, 3.05) is 5.32 Å². The van der Waals surface area contributed by atoms with Crippen molar-refractivity contribution in [2.24, 2.45) is 18.9 Å². The Hall–Kier alpha value is -4.38. The van der Waals surface area contributed by atoms with Gasteiger partial charge in [-0.3, -0.25) is 9.48 Å². The van der Waals surface area contributed by atoms with Gasteiger partial charge in [0.1, 0.15) is 13.7 Å². The van der Waals surface area contributed by atoms with Crippen molar-refractivity contribution in [1.82, 2.24) is 9.78 Å². The number of ether oxygens (including phenoxy) is 1. The maximum Gasteiger partial charge on any atom is 0.381 e. The van der Waals surface area contributed by atoms with Crippen LogP contribution in [0.1, 0.15) is 48.4 Å². The van der Waals surface area contributed by atoms with Gasteiger partial charge in [0.05, 0.1) is 29.5 Å². The van der Waals surface area contributed by atoms with E-state index in [4.69, 9.17) is 9.84 Å². The molecule has 2 N–H and O–H groups in total. The molecular formula is C31H32N5O3+. The minimum Gasteiger partial charge on any atom is -0.481 e. The molecule has 3 atom stereocenters. The van der Waals surface area contributed by atoms with Crippen molar-refractivity contribution in [1.29, 1.82) is 5.26 Å². The highest BCUT2D eigenvalue weighted by Gasteiger charge is 2.32. The number of carbonyl (C=O) groups is 1. The molecule has 0 radical (unpaired) electrons. The first-order valence-corrected chi connectivity index (χ1v) is 13.6. The van der Waals surface area contributed by atoms with Crippen molar-refractivity contribution < 1.29 is 19.2 Å². The third-order valence-corrected chi connectivity index (χ3v) is 8.12. The molecule has 0 amide bonds. The summed E-state index contributed by atoms with van der Waals surface area (Å²) >= 11 is 0. The molecule has 8 heteroatoms. The van der Waals surface area contributed by atoms with Crippen LogP contribution in [0.25, 0.3) is 10.9 Å². The van der Waals surface area contributed by atoms with Crippen LogP contribution in [0, 0.1) is 23.2 Å². The van der Waals surface area contributed by atoms with Gasteiger partial charge in [-0.25, -0.2) is 0 Å². The van der Waals surface area contributed by atoms with Gasteiger partial charge in [-0.1, -0.05) is 49.2 Å². The molecule has 3 unspecified atom stereocenters. The largest absolute Gasteiger partial charge is 0.481 e. The van der Waals surface area contributed by atoms with E-state index < -0.39 is 5.97 Å². The number of nitrogens with zero attached hydrogens (tertiary/aromatic N) is 4. The van der Waals surface area contributed by atoms with E-state index >= 15 is 0 Å². The monoisotopic (exact) mass is 522 g/mol. The fourth-order valence-electron chi connectivity index (χ4n) is 6.05. The molecule has 39 heavy (non-hydrogen) atoms. The summed E-state index contributed by atoms with van der Waals surface area (Å²) in [5.74, 6) is 0.144. The maximum atomic E-state index is 11.6. The van der Waals surface area contributed by atoms with Gasteiger partial charge in [0.15, 0.2) is 17.4 Å². The Morgan fingerprint density at radius 3 is 2.74 bits per heavy atom. The van der Waals surface area contributed by atoms with Gasteiger partial charge in [0, 0.05) is 11.8 Å². The van der Waals surface area contributed by atoms with Gasteiger partial charge in [0.2, 0.25) is 0 Å². The number of aryl methyl sites for hydroxylation is 1. The number of carboxylic acids is 1. The number of hydrogen-bond donors (Lipinski definition) is 2. The molecule has 2 aromatic carbocycles. The summed E-state index contributed by atoms with van der Waals surface area (Å²) in [4.78, 5) is 11.6. The van der Waals surface area contributed by atoms with E-state index in [1.165, 1.54) is 0 Å². The Balaban J connectivity index is 1.42. The summed E-state index contributed by atoms with van der Waals surface area (Å²) < 4.78 is 10.4. The Labute approximate surface area is 227 Å². The average Bonchev–Trinajstić information content (AvgIpc) is 3.55. The molecule has 2 aliphatic rings. The number of pyridine rings is 1. The zero-order valence-corrected chi connectivity index (χ0v) is 22.0. The molecule has 0 aliphatic heterocycles. The molecule has 1 fully saturated rings. The van der Waals surface area contributed by atoms with Crippen molar-refractivity contribution in [3.05, 3.63) is 77.5 Å². The normalized spacial score (nSPS) is 20.4. The Bertz CT molecular complexity index is 1570. The van der Waals surface area contributed by atoms with Crippen molar-refractivity contribution in [3.63, 3.8) is 0 Å². The average molecular weight is 523 g/mol. The second-order valence-corrected chi connectivity index (χ2v) is 10.7. The van der Waals surface area contributed by atoms with E-state index in [1.807, 2.05) is 77.1 Å². The third-order valence-electron chi connectivity index (χ3n) is 8.12. The van der Waals surface area contributed by atoms with E-state index in [0.29, 0.717) is 31.1 Å². The highest BCUT2D eigenvalue weighted by atomic mass is 16.5. The zero-order chi connectivity index (χ0) is 26.9. The first-order chi connectivity index (χ1) is 19.0. The van der Waals surface area contributed by atoms with Crippen LogP contribution in [0.5, 0.6) is 5.88 Å². The minimum absolute atomic E-state index is 0.00664. The predicted molar refractivity (Wildman–Crippen MR) is 147 cm³/mol. The van der Waals surface area contributed by atoms with Gasteiger partial charge in [-0.05, 0) is 54.5 Å². The number of nitrogens with one attached hydrogen (secondary N) is 1. The molecule has 2 heterocycles. The van der Waals surface area contributed by atoms with Crippen LogP contribution in [-0.4, -0.2) is 20.9 Å². The Kier molecular flexibility index (Phi) is 6.65. The molecule has 1 saturated carbocycles. The van der Waals surface area contributed by atoms with Crippen LogP contribution in [0.3, 0.4) is 0 Å². The van der Waals surface area contributed by atoms with Gasteiger partial charge < -0.3 is 15.2 Å². The first kappa shape index (κ1) is 24.9. The molecule has 198 valence electrons. The lowest BCUT2D eigenvalue weighted by Gasteiger charge is -2.27. The van der Waals surface area contributed by atoms with Crippen LogP contribution in [0.15, 0.2) is 60.8 Å². The SMILES string of the molecule is C[n+]1ccc2c(c(Nc3ccc4c(c3)CC(C(=O)O)C4)nn2C2CCCCC2C#N)c1OCc1ccccc1. The van der Waals surface area contributed by atoms with Gasteiger partial charge in [0.25, 0.3) is 0 Å². The smallest absolute Gasteiger partial charge is 0.381 e.